The van der Waals surface area contributed by atoms with E-state index in [1.54, 1.807) is 20.8 Å². The molecule has 4 rings (SSSR count). The summed E-state index contributed by atoms with van der Waals surface area (Å²) in [6.07, 6.45) is -1.97. The number of rotatable bonds is 7. The Hall–Kier alpha value is -2.84. The number of carbonyl (C=O) groups is 2. The predicted molar refractivity (Wildman–Crippen MR) is 116 cm³/mol. The fourth-order valence-corrected chi connectivity index (χ4v) is 5.40. The second kappa shape index (κ2) is 9.32. The number of fused-ring (bicyclic) bond motifs is 2. The summed E-state index contributed by atoms with van der Waals surface area (Å²) in [6, 6.07) is 0. The molecule has 4 heterocycles. The zero-order chi connectivity index (χ0) is 25.5. The van der Waals surface area contributed by atoms with Gasteiger partial charge in [-0.2, -0.15) is 9.97 Å². The maximum atomic E-state index is 13.1. The quantitative estimate of drug-likeness (QED) is 0.408. The molecule has 0 aromatic carbocycles. The van der Waals surface area contributed by atoms with E-state index in [4.69, 9.17) is 38.3 Å². The number of nitrogens with two attached hydrogens (primary N) is 1. The number of esters is 2. The van der Waals surface area contributed by atoms with Crippen molar-refractivity contribution in [2.45, 2.75) is 57.8 Å². The number of aromatic nitrogens is 4. The number of hydrogen-bond acceptors (Lipinski definition) is 14. The van der Waals surface area contributed by atoms with Crippen LogP contribution in [0.25, 0.3) is 11.2 Å². The van der Waals surface area contributed by atoms with Crippen LogP contribution in [0, 0.1) is 0 Å². The molecule has 0 saturated carbocycles. The molecule has 0 unspecified atom stereocenters. The molecular formula is C19H26N5O10P. The fraction of sp³-hybridized carbons (Fsp3) is 0.632. The molecule has 2 aromatic rings. The van der Waals surface area contributed by atoms with E-state index in [0.717, 1.165) is 0 Å². The van der Waals surface area contributed by atoms with Gasteiger partial charge in [0.15, 0.2) is 29.6 Å². The molecule has 0 radical (unpaired) electrons. The molecule has 16 heteroatoms. The highest BCUT2D eigenvalue weighted by atomic mass is 31.2. The third-order valence-corrected chi connectivity index (χ3v) is 6.66. The van der Waals surface area contributed by atoms with E-state index in [0.29, 0.717) is 5.52 Å². The molecule has 2 N–H and O–H groups in total. The van der Waals surface area contributed by atoms with Gasteiger partial charge in [-0.05, 0) is 20.8 Å². The van der Waals surface area contributed by atoms with E-state index in [1.165, 1.54) is 24.9 Å². The minimum atomic E-state index is -4.24. The summed E-state index contributed by atoms with van der Waals surface area (Å²) in [4.78, 5) is 36.4. The minimum absolute atomic E-state index is 0.0773. The van der Waals surface area contributed by atoms with Gasteiger partial charge < -0.3 is 24.7 Å². The fourth-order valence-electron chi connectivity index (χ4n) is 3.99. The molecule has 192 valence electrons. The molecule has 2 saturated heterocycles. The van der Waals surface area contributed by atoms with Crippen LogP contribution in [0.4, 0.5) is 5.95 Å². The van der Waals surface area contributed by atoms with Crippen molar-refractivity contribution in [3.05, 3.63) is 6.33 Å². The number of anilines is 1. The van der Waals surface area contributed by atoms with Crippen molar-refractivity contribution in [3.63, 3.8) is 0 Å². The third-order valence-electron chi connectivity index (χ3n) is 5.26. The summed E-state index contributed by atoms with van der Waals surface area (Å²) in [7, 11) is -2.83. The maximum absolute atomic E-state index is 13.1. The summed E-state index contributed by atoms with van der Waals surface area (Å²) in [5.41, 5.74) is 4.80. The van der Waals surface area contributed by atoms with Gasteiger partial charge in [-0.25, -0.2) is 14.3 Å². The SMILES string of the molecule is COc1nc(N)nc2c1ncn2[C@@H]1O[C@@H]2CO[P@@](=O)(OCC(=O)OC(C)C)O[C@H]2[C@@]1(C)OC(C)=O. The van der Waals surface area contributed by atoms with Crippen LogP contribution in [0.1, 0.15) is 33.9 Å². The van der Waals surface area contributed by atoms with E-state index in [2.05, 4.69) is 15.0 Å². The smallest absolute Gasteiger partial charge is 0.475 e. The number of carbonyl (C=O) groups excluding carboxylic acids is 2. The van der Waals surface area contributed by atoms with Gasteiger partial charge in [-0.1, -0.05) is 0 Å². The maximum Gasteiger partial charge on any atom is 0.475 e. The second-order valence-corrected chi connectivity index (χ2v) is 9.92. The number of nitrogen functional groups attached to an aromatic ring is 1. The molecule has 2 aliphatic rings. The van der Waals surface area contributed by atoms with E-state index in [1.807, 2.05) is 0 Å². The van der Waals surface area contributed by atoms with Gasteiger partial charge in [0.05, 0.1) is 26.1 Å². The molecule has 15 nitrogen and oxygen atoms in total. The molecule has 2 aromatic heterocycles. The number of nitrogens with zero attached hydrogens (tertiary/aromatic N) is 4. The summed E-state index contributed by atoms with van der Waals surface area (Å²) < 4.78 is 52.7. The standard InChI is InChI=1S/C19H26N5O10P/c1-9(2)31-12(26)7-30-35(27)29-6-11-14(34-35)19(4,33-10(3)25)17(32-11)24-8-21-13-15(24)22-18(20)23-16(13)28-5/h8-9,11,14,17H,6-7H2,1-5H3,(H2,20,22,23)/t11-,14-,17-,19-,35+/m1/s1. The van der Waals surface area contributed by atoms with Crippen LogP contribution in [0.15, 0.2) is 6.33 Å². The highest BCUT2D eigenvalue weighted by Crippen LogP contribution is 2.59. The van der Waals surface area contributed by atoms with Crippen molar-refractivity contribution in [1.29, 1.82) is 0 Å². The van der Waals surface area contributed by atoms with Crippen LogP contribution in [0.5, 0.6) is 5.88 Å². The molecule has 0 spiro atoms. The van der Waals surface area contributed by atoms with Gasteiger partial charge in [0.1, 0.15) is 12.2 Å². The Morgan fingerprint density at radius 2 is 2.11 bits per heavy atom. The van der Waals surface area contributed by atoms with Crippen molar-refractivity contribution >= 4 is 36.9 Å². The van der Waals surface area contributed by atoms with Crippen molar-refractivity contribution in [3.8, 4) is 5.88 Å². The number of methoxy groups -OCH3 is 1. The normalized spacial score (nSPS) is 30.3. The summed E-state index contributed by atoms with van der Waals surface area (Å²) in [5.74, 6) is -1.33. The lowest BCUT2D eigenvalue weighted by Gasteiger charge is -2.37. The van der Waals surface area contributed by atoms with Gasteiger partial charge in [-0.15, -0.1) is 0 Å². The lowest BCUT2D eigenvalue weighted by molar-refractivity contribution is -0.175. The van der Waals surface area contributed by atoms with Crippen molar-refractivity contribution in [2.24, 2.45) is 0 Å². The van der Waals surface area contributed by atoms with Crippen LogP contribution in [0.2, 0.25) is 0 Å². The van der Waals surface area contributed by atoms with E-state index >= 15 is 0 Å². The average Bonchev–Trinajstić information content (AvgIpc) is 3.29. The predicted octanol–water partition coefficient (Wildman–Crippen LogP) is 1.13. The molecule has 5 atom stereocenters. The first-order valence-corrected chi connectivity index (χ1v) is 12.1. The minimum Gasteiger partial charge on any atom is -0.479 e. The topological polar surface area (TPSA) is 185 Å². The summed E-state index contributed by atoms with van der Waals surface area (Å²) in [5, 5.41) is 0. The van der Waals surface area contributed by atoms with E-state index < -0.39 is 50.4 Å². The Kier molecular flexibility index (Phi) is 6.72. The van der Waals surface area contributed by atoms with Gasteiger partial charge in [-0.3, -0.25) is 22.9 Å². The van der Waals surface area contributed by atoms with Gasteiger partial charge in [0.25, 0.3) is 0 Å². The molecular weight excluding hydrogens is 489 g/mol. The monoisotopic (exact) mass is 515 g/mol. The molecule has 35 heavy (non-hydrogen) atoms. The van der Waals surface area contributed by atoms with Crippen LogP contribution >= 0.6 is 7.82 Å². The molecule has 2 fully saturated rings. The second-order valence-electron chi connectivity index (χ2n) is 8.30. The van der Waals surface area contributed by atoms with Crippen molar-refractivity contribution in [1.82, 2.24) is 19.5 Å². The first-order chi connectivity index (χ1) is 16.5. The molecule has 0 bridgehead atoms. The molecule has 0 aliphatic carbocycles. The number of phosphoric acid groups is 1. The van der Waals surface area contributed by atoms with Gasteiger partial charge in [0.2, 0.25) is 11.8 Å². The van der Waals surface area contributed by atoms with Crippen molar-refractivity contribution < 1.29 is 46.7 Å². The van der Waals surface area contributed by atoms with Crippen molar-refractivity contribution in [2.75, 3.05) is 26.1 Å². The zero-order valence-corrected chi connectivity index (χ0v) is 20.6. The average molecular weight is 515 g/mol. The van der Waals surface area contributed by atoms with Crippen LogP contribution in [-0.4, -0.2) is 75.7 Å². The highest BCUT2D eigenvalue weighted by Gasteiger charge is 2.63. The zero-order valence-electron chi connectivity index (χ0n) is 19.7. The Morgan fingerprint density at radius 1 is 1.37 bits per heavy atom. The van der Waals surface area contributed by atoms with E-state index in [9.17, 15) is 14.2 Å². The van der Waals surface area contributed by atoms with Crippen LogP contribution in [-0.2, 0) is 41.9 Å². The summed E-state index contributed by atoms with van der Waals surface area (Å²) in [6.45, 7) is 5.17. The Morgan fingerprint density at radius 3 is 2.77 bits per heavy atom. The Labute approximate surface area is 199 Å². The lowest BCUT2D eigenvalue weighted by atomic mass is 9.96. The Bertz CT molecular complexity index is 1190. The number of ether oxygens (including phenoxy) is 4. The van der Waals surface area contributed by atoms with Crippen LogP contribution < -0.4 is 10.5 Å². The Balaban J connectivity index is 1.66. The molecule has 0 amide bonds. The largest absolute Gasteiger partial charge is 0.479 e. The van der Waals surface area contributed by atoms with Gasteiger partial charge >= 0.3 is 19.8 Å². The third kappa shape index (κ3) is 4.82. The highest BCUT2D eigenvalue weighted by molar-refractivity contribution is 7.48. The van der Waals surface area contributed by atoms with Crippen LogP contribution in [0.3, 0.4) is 0 Å². The first-order valence-electron chi connectivity index (χ1n) is 10.6. The number of phosphoric ester groups is 1. The first kappa shape index (κ1) is 25.3. The van der Waals surface area contributed by atoms with Gasteiger partial charge in [0, 0.05) is 6.92 Å². The number of hydrogen-bond donors (Lipinski definition) is 1. The number of imidazole rings is 1. The lowest BCUT2D eigenvalue weighted by Crippen LogP contribution is -2.50. The van der Waals surface area contributed by atoms with E-state index in [-0.39, 0.29) is 30.2 Å². The molecule has 2 aliphatic heterocycles. The summed E-state index contributed by atoms with van der Waals surface area (Å²) >= 11 is 0.